The second-order valence-corrected chi connectivity index (χ2v) is 5.35. The van der Waals surface area contributed by atoms with E-state index < -0.39 is 61.1 Å². The summed E-state index contributed by atoms with van der Waals surface area (Å²) in [6.45, 7) is -0.164. The predicted octanol–water partition coefficient (Wildman–Crippen LogP) is -3.62. The van der Waals surface area contributed by atoms with Gasteiger partial charge in [-0.1, -0.05) is 6.92 Å². The highest BCUT2D eigenvalue weighted by Crippen LogP contribution is 2.33. The summed E-state index contributed by atoms with van der Waals surface area (Å²) in [7, 11) is 0. The number of ether oxygens (including phenoxy) is 1. The molecule has 1 amide bonds. The Labute approximate surface area is 125 Å². The Bertz CT molecular complexity index is 417. The number of carbonyl (C=O) groups excluding carboxylic acids is 1. The van der Waals surface area contributed by atoms with E-state index in [9.17, 15) is 24.9 Å². The first-order valence-electron chi connectivity index (χ1n) is 6.67. The molecule has 6 atom stereocenters. The summed E-state index contributed by atoms with van der Waals surface area (Å²) >= 11 is 0. The molecule has 10 heteroatoms. The van der Waals surface area contributed by atoms with E-state index in [1.54, 1.807) is 0 Å². The number of aliphatic hydroxyl groups is 5. The van der Waals surface area contributed by atoms with Gasteiger partial charge in [0.15, 0.2) is 0 Å². The van der Waals surface area contributed by atoms with Gasteiger partial charge in [0.05, 0.1) is 12.6 Å². The van der Waals surface area contributed by atoms with Gasteiger partial charge < -0.3 is 40.7 Å². The van der Waals surface area contributed by atoms with Crippen LogP contribution >= 0.6 is 0 Å². The summed E-state index contributed by atoms with van der Waals surface area (Å²) in [6.07, 6.45) is -5.30. The number of aliphatic carboxylic acids is 1. The molecule has 0 spiro atoms. The average molecular weight is 323 g/mol. The predicted molar refractivity (Wildman–Crippen MR) is 69.4 cm³/mol. The van der Waals surface area contributed by atoms with Crippen LogP contribution in [0.5, 0.6) is 0 Å². The zero-order valence-corrected chi connectivity index (χ0v) is 11.9. The lowest BCUT2D eigenvalue weighted by Crippen LogP contribution is -2.65. The van der Waals surface area contributed by atoms with Crippen LogP contribution in [0.25, 0.3) is 0 Å². The monoisotopic (exact) mass is 323 g/mol. The van der Waals surface area contributed by atoms with Crippen molar-refractivity contribution in [1.82, 2.24) is 5.32 Å². The van der Waals surface area contributed by atoms with Gasteiger partial charge in [-0.15, -0.1) is 0 Å². The molecule has 1 heterocycles. The van der Waals surface area contributed by atoms with E-state index in [4.69, 9.17) is 20.1 Å². The third-order valence-corrected chi connectivity index (χ3v) is 3.62. The van der Waals surface area contributed by atoms with Crippen molar-refractivity contribution in [2.24, 2.45) is 5.92 Å². The van der Waals surface area contributed by atoms with Gasteiger partial charge in [-0.05, 0) is 5.92 Å². The first kappa shape index (κ1) is 18.7. The molecule has 128 valence electrons. The van der Waals surface area contributed by atoms with Gasteiger partial charge >= 0.3 is 5.97 Å². The fourth-order valence-corrected chi connectivity index (χ4v) is 2.44. The van der Waals surface area contributed by atoms with Crippen molar-refractivity contribution in [3.05, 3.63) is 0 Å². The van der Waals surface area contributed by atoms with Crippen molar-refractivity contribution < 1.29 is 45.0 Å². The van der Waals surface area contributed by atoms with Crippen LogP contribution in [0.15, 0.2) is 0 Å². The van der Waals surface area contributed by atoms with Gasteiger partial charge in [0.25, 0.3) is 5.79 Å². The van der Waals surface area contributed by atoms with Crippen LogP contribution in [0, 0.1) is 5.92 Å². The number of aliphatic hydroxyl groups excluding tert-OH is 4. The van der Waals surface area contributed by atoms with Crippen LogP contribution in [-0.2, 0) is 14.3 Å². The maximum Gasteiger partial charge on any atom is 0.364 e. The minimum atomic E-state index is -2.60. The molecule has 1 unspecified atom stereocenters. The number of amides is 1. The first-order chi connectivity index (χ1) is 10.2. The largest absolute Gasteiger partial charge is 0.477 e. The van der Waals surface area contributed by atoms with Gasteiger partial charge in [-0.2, -0.15) is 0 Å². The van der Waals surface area contributed by atoms with Crippen molar-refractivity contribution in [2.45, 2.75) is 43.5 Å². The lowest BCUT2D eigenvalue weighted by molar-refractivity contribution is -0.288. The molecule has 0 aromatic carbocycles. The Balaban J connectivity index is 3.07. The number of hydrogen-bond donors (Lipinski definition) is 7. The summed E-state index contributed by atoms with van der Waals surface area (Å²) < 4.78 is 4.99. The normalized spacial score (nSPS) is 34.7. The van der Waals surface area contributed by atoms with Crippen molar-refractivity contribution in [3.63, 3.8) is 0 Å². The van der Waals surface area contributed by atoms with E-state index >= 15 is 0 Å². The topological polar surface area (TPSA) is 177 Å². The molecule has 7 N–H and O–H groups in total. The molecule has 10 nitrogen and oxygen atoms in total. The Morgan fingerprint density at radius 1 is 1.36 bits per heavy atom. The van der Waals surface area contributed by atoms with E-state index in [1.165, 1.54) is 6.92 Å². The SMILES string of the molecule is C[C@@H]1C[C@](O)(C(=O)O)OC([C@H](O)[C@H](O)CO)[C@@H]1NC(=O)CO. The van der Waals surface area contributed by atoms with Crippen LogP contribution in [0.4, 0.5) is 0 Å². The number of carboxylic acids is 1. The second-order valence-electron chi connectivity index (χ2n) is 5.35. The van der Waals surface area contributed by atoms with Crippen molar-refractivity contribution in [2.75, 3.05) is 13.2 Å². The van der Waals surface area contributed by atoms with E-state index in [2.05, 4.69) is 5.32 Å². The number of nitrogens with one attached hydrogen (secondary N) is 1. The molecule has 0 saturated carbocycles. The Morgan fingerprint density at radius 3 is 2.41 bits per heavy atom. The van der Waals surface area contributed by atoms with Crippen molar-refractivity contribution >= 4 is 11.9 Å². The van der Waals surface area contributed by atoms with E-state index in [0.29, 0.717) is 0 Å². The number of carboxylic acid groups (broad SMARTS) is 1. The van der Waals surface area contributed by atoms with Gasteiger partial charge in [0, 0.05) is 6.42 Å². The number of rotatable bonds is 6. The third kappa shape index (κ3) is 3.91. The van der Waals surface area contributed by atoms with Gasteiger partial charge in [-0.3, -0.25) is 4.79 Å². The number of carbonyl (C=O) groups is 2. The average Bonchev–Trinajstić information content (AvgIpc) is 2.47. The summed E-state index contributed by atoms with van der Waals surface area (Å²) in [5.41, 5.74) is 0. The molecule has 0 aromatic rings. The quantitative estimate of drug-likeness (QED) is 0.260. The Hall–Kier alpha value is -1.30. The standard InChI is InChI=1S/C12H21NO9/c1-5-2-12(21,11(19)20)22-10(9(18)6(16)3-14)8(5)13-7(17)4-15/h5-6,8-10,14-16,18,21H,2-4H2,1H3,(H,13,17)(H,19,20)/t5-,6-,8-,9-,10?,12-/m1/s1. The van der Waals surface area contributed by atoms with Crippen molar-refractivity contribution in [1.29, 1.82) is 0 Å². The smallest absolute Gasteiger partial charge is 0.364 e. The first-order valence-corrected chi connectivity index (χ1v) is 6.67. The summed E-state index contributed by atoms with van der Waals surface area (Å²) in [5.74, 6) is -5.73. The molecule has 1 aliphatic rings. The highest BCUT2D eigenvalue weighted by Gasteiger charge is 2.52. The Kier molecular flexibility index (Phi) is 6.23. The van der Waals surface area contributed by atoms with Gasteiger partial charge in [-0.25, -0.2) is 4.79 Å². The highest BCUT2D eigenvalue weighted by molar-refractivity contribution is 5.78. The third-order valence-electron chi connectivity index (χ3n) is 3.62. The van der Waals surface area contributed by atoms with Gasteiger partial charge in [0.2, 0.25) is 5.91 Å². The lowest BCUT2D eigenvalue weighted by Gasteiger charge is -2.45. The van der Waals surface area contributed by atoms with Crippen LogP contribution in [0.2, 0.25) is 0 Å². The van der Waals surface area contributed by atoms with E-state index in [0.717, 1.165) is 0 Å². The summed E-state index contributed by atoms with van der Waals surface area (Å²) in [5, 5.41) is 58.5. The molecule has 1 saturated heterocycles. The Morgan fingerprint density at radius 2 is 1.95 bits per heavy atom. The highest BCUT2D eigenvalue weighted by atomic mass is 16.7. The molecule has 1 fully saturated rings. The maximum atomic E-state index is 11.3. The fraction of sp³-hybridized carbons (Fsp3) is 0.833. The minimum Gasteiger partial charge on any atom is -0.477 e. The molecule has 22 heavy (non-hydrogen) atoms. The zero-order valence-electron chi connectivity index (χ0n) is 11.9. The molecular formula is C12H21NO9. The minimum absolute atomic E-state index is 0.378. The molecule has 1 aliphatic heterocycles. The van der Waals surface area contributed by atoms with Crippen LogP contribution in [0.1, 0.15) is 13.3 Å². The van der Waals surface area contributed by atoms with E-state index in [-0.39, 0.29) is 6.42 Å². The van der Waals surface area contributed by atoms with Crippen LogP contribution in [0.3, 0.4) is 0 Å². The number of hydrogen-bond acceptors (Lipinski definition) is 8. The zero-order chi connectivity index (χ0) is 17.1. The lowest BCUT2D eigenvalue weighted by atomic mass is 9.83. The van der Waals surface area contributed by atoms with Gasteiger partial charge in [0.1, 0.15) is 24.9 Å². The molecule has 1 rings (SSSR count). The molecule has 0 aromatic heterocycles. The van der Waals surface area contributed by atoms with E-state index in [1.807, 2.05) is 0 Å². The van der Waals surface area contributed by atoms with Crippen LogP contribution < -0.4 is 5.32 Å². The maximum absolute atomic E-state index is 11.3. The summed E-state index contributed by atoms with van der Waals surface area (Å²) in [6, 6.07) is -0.976. The summed E-state index contributed by atoms with van der Waals surface area (Å²) in [4.78, 5) is 22.5. The molecule has 0 radical (unpaired) electrons. The molecule has 0 bridgehead atoms. The molecule has 0 aliphatic carbocycles. The van der Waals surface area contributed by atoms with Crippen molar-refractivity contribution in [3.8, 4) is 0 Å². The second kappa shape index (κ2) is 7.31. The van der Waals surface area contributed by atoms with Crippen LogP contribution in [-0.4, -0.2) is 85.9 Å². The molecular weight excluding hydrogens is 302 g/mol. The fourth-order valence-electron chi connectivity index (χ4n) is 2.44.